The first-order valence-corrected chi connectivity index (χ1v) is 11.2. The molecule has 2 heterocycles. The molecule has 0 N–H and O–H groups in total. The molecule has 160 valence electrons. The molecule has 2 aromatic carbocycles. The third-order valence-corrected chi connectivity index (χ3v) is 7.06. The number of hydrogen-bond donors (Lipinski definition) is 0. The third-order valence-electron chi connectivity index (χ3n) is 6.82. The summed E-state index contributed by atoms with van der Waals surface area (Å²) < 4.78 is 21.6. The van der Waals surface area contributed by atoms with Crippen molar-refractivity contribution in [2.24, 2.45) is 5.92 Å². The lowest BCUT2D eigenvalue weighted by atomic mass is 9.75. The highest BCUT2D eigenvalue weighted by Gasteiger charge is 2.30. The highest BCUT2D eigenvalue weighted by atomic mass is 35.5. The number of fused-ring (bicyclic) bond motifs is 2. The maximum atomic E-state index is 13.9. The molecule has 1 saturated carbocycles. The van der Waals surface area contributed by atoms with E-state index in [4.69, 9.17) is 21.4 Å². The Kier molecular flexibility index (Phi) is 5.30. The van der Waals surface area contributed by atoms with Gasteiger partial charge < -0.3 is 4.74 Å². The monoisotopic (exact) mass is 437 g/mol. The molecule has 1 atom stereocenters. The summed E-state index contributed by atoms with van der Waals surface area (Å²) >= 11 is 6.16. The quantitative estimate of drug-likeness (QED) is 0.348. The molecule has 0 spiro atoms. The molecule has 31 heavy (non-hydrogen) atoms. The van der Waals surface area contributed by atoms with E-state index in [1.807, 2.05) is 29.1 Å². The van der Waals surface area contributed by atoms with E-state index in [1.54, 1.807) is 19.2 Å². The average molecular weight is 438 g/mol. The van der Waals surface area contributed by atoms with Crippen LogP contribution in [0.5, 0.6) is 5.88 Å². The smallest absolute Gasteiger partial charge is 0.219 e. The van der Waals surface area contributed by atoms with E-state index in [-0.39, 0.29) is 11.9 Å². The number of hydrogen-bond acceptors (Lipinski definition) is 3. The van der Waals surface area contributed by atoms with Gasteiger partial charge in [-0.2, -0.15) is 5.10 Å². The zero-order valence-electron chi connectivity index (χ0n) is 17.7. The fourth-order valence-corrected chi connectivity index (χ4v) is 5.31. The molecule has 5 rings (SSSR count). The second kappa shape index (κ2) is 8.12. The van der Waals surface area contributed by atoms with Crippen molar-refractivity contribution < 1.29 is 9.13 Å². The SMILES string of the molecule is COc1c2ccc(Cl)cc2nn1C(C)C1CCC(c2ccnc3ccc(F)cc23)CC1. The summed E-state index contributed by atoms with van der Waals surface area (Å²) in [5, 5.41) is 7.40. The fourth-order valence-electron chi connectivity index (χ4n) is 5.14. The van der Waals surface area contributed by atoms with Crippen LogP contribution in [0.1, 0.15) is 50.1 Å². The van der Waals surface area contributed by atoms with Gasteiger partial charge in [0.15, 0.2) is 0 Å². The molecule has 6 heteroatoms. The Labute approximate surface area is 186 Å². The summed E-state index contributed by atoms with van der Waals surface area (Å²) in [4.78, 5) is 4.41. The molecule has 0 bridgehead atoms. The maximum absolute atomic E-state index is 13.9. The number of benzene rings is 2. The van der Waals surface area contributed by atoms with Crippen molar-refractivity contribution in [3.63, 3.8) is 0 Å². The van der Waals surface area contributed by atoms with Gasteiger partial charge in [-0.3, -0.25) is 4.98 Å². The summed E-state index contributed by atoms with van der Waals surface area (Å²) in [5.41, 5.74) is 2.93. The van der Waals surface area contributed by atoms with E-state index in [9.17, 15) is 4.39 Å². The van der Waals surface area contributed by atoms with Crippen molar-refractivity contribution in [2.45, 2.75) is 44.6 Å². The van der Waals surface area contributed by atoms with E-state index >= 15 is 0 Å². The number of pyridine rings is 1. The summed E-state index contributed by atoms with van der Waals surface area (Å²) in [6.45, 7) is 2.22. The van der Waals surface area contributed by atoms with E-state index in [2.05, 4.69) is 18.0 Å². The van der Waals surface area contributed by atoms with Gasteiger partial charge in [0.1, 0.15) is 5.82 Å². The number of aromatic nitrogens is 3. The Hall–Kier alpha value is -2.66. The molecule has 0 amide bonds. The van der Waals surface area contributed by atoms with E-state index in [1.165, 1.54) is 11.6 Å². The highest BCUT2D eigenvalue weighted by molar-refractivity contribution is 6.31. The van der Waals surface area contributed by atoms with Gasteiger partial charge in [-0.1, -0.05) is 11.6 Å². The van der Waals surface area contributed by atoms with Crippen molar-refractivity contribution >= 4 is 33.4 Å². The van der Waals surface area contributed by atoms with Gasteiger partial charge in [-0.05, 0) is 92.5 Å². The standard InChI is InChI=1S/C25H25ClFN3O/c1-15(30-25(31-2)21-9-7-18(26)13-24(21)29-30)16-3-5-17(6-4-16)20-11-12-28-23-10-8-19(27)14-22(20)23/h7-17H,3-6H2,1-2H3. The first kappa shape index (κ1) is 20.3. The van der Waals surface area contributed by atoms with Gasteiger partial charge in [-0.25, -0.2) is 9.07 Å². The predicted molar refractivity (Wildman–Crippen MR) is 122 cm³/mol. The molecule has 0 radical (unpaired) electrons. The van der Waals surface area contributed by atoms with Crippen LogP contribution in [0.15, 0.2) is 48.7 Å². The molecular weight excluding hydrogens is 413 g/mol. The normalized spacial score (nSPS) is 20.3. The van der Waals surface area contributed by atoms with Crippen LogP contribution in [0.2, 0.25) is 5.02 Å². The Morgan fingerprint density at radius 2 is 1.84 bits per heavy atom. The second-order valence-electron chi connectivity index (χ2n) is 8.53. The van der Waals surface area contributed by atoms with Crippen LogP contribution in [0.4, 0.5) is 4.39 Å². The fraction of sp³-hybridized carbons (Fsp3) is 0.360. The van der Waals surface area contributed by atoms with Crippen molar-refractivity contribution in [3.8, 4) is 5.88 Å². The van der Waals surface area contributed by atoms with Crippen LogP contribution >= 0.6 is 11.6 Å². The Morgan fingerprint density at radius 3 is 2.61 bits per heavy atom. The molecule has 4 nitrogen and oxygen atoms in total. The number of nitrogens with zero attached hydrogens (tertiary/aromatic N) is 3. The first-order valence-electron chi connectivity index (χ1n) is 10.8. The van der Waals surface area contributed by atoms with Gasteiger partial charge in [0, 0.05) is 16.6 Å². The van der Waals surface area contributed by atoms with Crippen LogP contribution in [-0.2, 0) is 0 Å². The molecule has 1 unspecified atom stereocenters. The Morgan fingerprint density at radius 1 is 1.03 bits per heavy atom. The minimum Gasteiger partial charge on any atom is -0.481 e. The van der Waals surface area contributed by atoms with Gasteiger partial charge in [0.2, 0.25) is 5.88 Å². The minimum absolute atomic E-state index is 0.206. The number of rotatable bonds is 4. The van der Waals surface area contributed by atoms with Crippen LogP contribution in [0.3, 0.4) is 0 Å². The van der Waals surface area contributed by atoms with Crippen molar-refractivity contribution in [1.29, 1.82) is 0 Å². The molecule has 1 aliphatic rings. The maximum Gasteiger partial charge on any atom is 0.219 e. The second-order valence-corrected chi connectivity index (χ2v) is 8.97. The molecule has 0 aliphatic heterocycles. The predicted octanol–water partition coefficient (Wildman–Crippen LogP) is 6.92. The van der Waals surface area contributed by atoms with Gasteiger partial charge in [-0.15, -0.1) is 0 Å². The van der Waals surface area contributed by atoms with Crippen LogP contribution in [0.25, 0.3) is 21.8 Å². The van der Waals surface area contributed by atoms with Gasteiger partial charge >= 0.3 is 0 Å². The van der Waals surface area contributed by atoms with Crippen molar-refractivity contribution in [1.82, 2.24) is 14.8 Å². The topological polar surface area (TPSA) is 39.9 Å². The first-order chi connectivity index (χ1) is 15.0. The molecule has 0 saturated heterocycles. The summed E-state index contributed by atoms with van der Waals surface area (Å²) in [6.07, 6.45) is 6.16. The van der Waals surface area contributed by atoms with E-state index < -0.39 is 0 Å². The van der Waals surface area contributed by atoms with Gasteiger partial charge in [0.25, 0.3) is 0 Å². The molecule has 1 aliphatic carbocycles. The van der Waals surface area contributed by atoms with Gasteiger partial charge in [0.05, 0.1) is 29.6 Å². The van der Waals surface area contributed by atoms with E-state index in [0.717, 1.165) is 53.4 Å². The van der Waals surface area contributed by atoms with Crippen LogP contribution in [0, 0.1) is 11.7 Å². The highest BCUT2D eigenvalue weighted by Crippen LogP contribution is 2.43. The number of ether oxygens (including phenoxy) is 1. The Bertz CT molecular complexity index is 1250. The molecule has 1 fully saturated rings. The lowest BCUT2D eigenvalue weighted by Gasteiger charge is -2.33. The largest absolute Gasteiger partial charge is 0.481 e. The zero-order chi connectivity index (χ0) is 21.5. The van der Waals surface area contributed by atoms with Crippen LogP contribution < -0.4 is 4.74 Å². The molecule has 2 aromatic heterocycles. The molecular formula is C25H25ClFN3O. The minimum atomic E-state index is -0.206. The van der Waals surface area contributed by atoms with Crippen molar-refractivity contribution in [2.75, 3.05) is 7.11 Å². The van der Waals surface area contributed by atoms with Crippen LogP contribution in [-0.4, -0.2) is 21.9 Å². The third kappa shape index (κ3) is 3.65. The van der Waals surface area contributed by atoms with E-state index in [0.29, 0.717) is 16.9 Å². The average Bonchev–Trinajstić information content (AvgIpc) is 3.15. The zero-order valence-corrected chi connectivity index (χ0v) is 18.4. The summed E-state index contributed by atoms with van der Waals surface area (Å²) in [6, 6.07) is 12.9. The number of methoxy groups -OCH3 is 1. The lowest BCUT2D eigenvalue weighted by molar-refractivity contribution is 0.219. The summed E-state index contributed by atoms with van der Waals surface area (Å²) in [7, 11) is 1.69. The lowest BCUT2D eigenvalue weighted by Crippen LogP contribution is -2.23. The number of halogens is 2. The Balaban J connectivity index is 1.38. The van der Waals surface area contributed by atoms with Crippen molar-refractivity contribution in [3.05, 3.63) is 65.1 Å². The molecule has 4 aromatic rings. The summed E-state index contributed by atoms with van der Waals surface area (Å²) in [5.74, 6) is 1.51.